The summed E-state index contributed by atoms with van der Waals surface area (Å²) in [5, 5.41) is 0.396. The smallest absolute Gasteiger partial charge is 0.336 e. The maximum absolute atomic E-state index is 11.5. The second kappa shape index (κ2) is 5.37. The fourth-order valence-corrected chi connectivity index (χ4v) is 1.38. The predicted molar refractivity (Wildman–Crippen MR) is 64.8 cm³/mol. The first-order valence-electron chi connectivity index (χ1n) is 4.93. The van der Waals surface area contributed by atoms with Gasteiger partial charge in [0.1, 0.15) is 11.5 Å². The summed E-state index contributed by atoms with van der Waals surface area (Å²) in [6.07, 6.45) is 4.33. The number of hydrogen-bond acceptors (Lipinski definition) is 3. The molecule has 0 radical (unpaired) electrons. The molecule has 2 aromatic rings. The van der Waals surface area contributed by atoms with Crippen molar-refractivity contribution in [3.63, 3.8) is 0 Å². The van der Waals surface area contributed by atoms with Crippen molar-refractivity contribution < 1.29 is 13.9 Å². The van der Waals surface area contributed by atoms with Gasteiger partial charge in [-0.2, -0.15) is 0 Å². The van der Waals surface area contributed by atoms with Gasteiger partial charge in [0.2, 0.25) is 0 Å². The summed E-state index contributed by atoms with van der Waals surface area (Å²) in [7, 11) is 0. The first kappa shape index (κ1) is 11.5. The van der Waals surface area contributed by atoms with Crippen molar-refractivity contribution in [2.75, 3.05) is 0 Å². The highest BCUT2D eigenvalue weighted by molar-refractivity contribution is 6.32. The number of rotatable bonds is 3. The molecule has 0 fully saturated rings. The predicted octanol–water partition coefficient (Wildman–Crippen LogP) is 3.55. The molecule has 17 heavy (non-hydrogen) atoms. The van der Waals surface area contributed by atoms with Crippen molar-refractivity contribution >= 4 is 23.6 Å². The fourth-order valence-electron chi connectivity index (χ4n) is 1.21. The fraction of sp³-hybridized carbons (Fsp3) is 0. The average Bonchev–Trinajstić information content (AvgIpc) is 2.82. The number of hydrogen-bond donors (Lipinski definition) is 0. The van der Waals surface area contributed by atoms with Crippen molar-refractivity contribution in [3.8, 4) is 5.75 Å². The van der Waals surface area contributed by atoms with Crippen LogP contribution in [0.4, 0.5) is 0 Å². The first-order valence-corrected chi connectivity index (χ1v) is 5.31. The molecule has 1 aromatic heterocycles. The molecular formula is C13H9ClO3. The molecule has 0 aliphatic heterocycles. The number of ether oxygens (including phenoxy) is 1. The second-order valence-corrected chi connectivity index (χ2v) is 3.61. The highest BCUT2D eigenvalue weighted by Gasteiger charge is 2.04. The molecule has 0 aliphatic rings. The van der Waals surface area contributed by atoms with Crippen LogP contribution in [0.2, 0.25) is 5.02 Å². The monoisotopic (exact) mass is 248 g/mol. The number of halogens is 1. The van der Waals surface area contributed by atoms with E-state index in [-0.39, 0.29) is 0 Å². The number of furan rings is 1. The summed E-state index contributed by atoms with van der Waals surface area (Å²) in [5.41, 5.74) is 0. The van der Waals surface area contributed by atoms with E-state index in [0.717, 1.165) is 0 Å². The van der Waals surface area contributed by atoms with E-state index in [4.69, 9.17) is 20.8 Å². The highest BCUT2D eigenvalue weighted by atomic mass is 35.5. The quantitative estimate of drug-likeness (QED) is 0.474. The molecule has 0 atom stereocenters. The number of carbonyl (C=O) groups excluding carboxylic acids is 1. The minimum absolute atomic E-state index is 0.336. The van der Waals surface area contributed by atoms with Crippen LogP contribution in [0.5, 0.6) is 5.75 Å². The zero-order chi connectivity index (χ0) is 12.1. The molecule has 0 N–H and O–H groups in total. The van der Waals surface area contributed by atoms with Gasteiger partial charge < -0.3 is 9.15 Å². The Morgan fingerprint density at radius 2 is 2.06 bits per heavy atom. The molecule has 0 bridgehead atoms. The van der Waals surface area contributed by atoms with Crippen molar-refractivity contribution in [3.05, 3.63) is 59.5 Å². The van der Waals surface area contributed by atoms with Gasteiger partial charge in [-0.1, -0.05) is 23.7 Å². The van der Waals surface area contributed by atoms with Crippen molar-refractivity contribution in [1.29, 1.82) is 0 Å². The minimum Gasteiger partial charge on any atom is -0.465 e. The summed E-state index contributed by atoms with van der Waals surface area (Å²) in [6, 6.07) is 10.3. The Labute approximate surface area is 103 Å². The van der Waals surface area contributed by atoms with E-state index in [2.05, 4.69) is 0 Å². The maximum Gasteiger partial charge on any atom is 0.336 e. The van der Waals surface area contributed by atoms with Crippen molar-refractivity contribution in [2.45, 2.75) is 0 Å². The molecule has 0 unspecified atom stereocenters. The Morgan fingerprint density at radius 3 is 2.76 bits per heavy atom. The standard InChI is InChI=1S/C13H9ClO3/c14-11-5-1-2-6-12(11)17-13(15)8-7-10-4-3-9-16-10/h1-9H/b8-7+. The zero-order valence-electron chi connectivity index (χ0n) is 8.80. The van der Waals surface area contributed by atoms with Gasteiger partial charge in [-0.15, -0.1) is 0 Å². The lowest BCUT2D eigenvalue weighted by Gasteiger charge is -2.02. The van der Waals surface area contributed by atoms with Gasteiger partial charge in [-0.05, 0) is 30.3 Å². The number of para-hydroxylation sites is 1. The number of esters is 1. The number of benzene rings is 1. The van der Waals surface area contributed by atoms with Crippen LogP contribution < -0.4 is 4.74 Å². The molecule has 4 heteroatoms. The van der Waals surface area contributed by atoms with Gasteiger partial charge in [0.15, 0.2) is 0 Å². The lowest BCUT2D eigenvalue weighted by atomic mass is 10.3. The van der Waals surface area contributed by atoms with E-state index in [1.54, 1.807) is 36.4 Å². The third-order valence-electron chi connectivity index (χ3n) is 1.97. The van der Waals surface area contributed by atoms with E-state index in [1.807, 2.05) is 0 Å². The maximum atomic E-state index is 11.5. The Hall–Kier alpha value is -2.00. The Balaban J connectivity index is 2.01. The molecule has 1 heterocycles. The largest absolute Gasteiger partial charge is 0.465 e. The lowest BCUT2D eigenvalue weighted by Crippen LogP contribution is -2.03. The minimum atomic E-state index is -0.505. The summed E-state index contributed by atoms with van der Waals surface area (Å²) >= 11 is 5.85. The number of carbonyl (C=O) groups is 1. The molecule has 0 saturated carbocycles. The highest BCUT2D eigenvalue weighted by Crippen LogP contribution is 2.23. The van der Waals surface area contributed by atoms with Crippen LogP contribution in [0.25, 0.3) is 6.08 Å². The Morgan fingerprint density at radius 1 is 1.24 bits per heavy atom. The van der Waals surface area contributed by atoms with E-state index in [1.165, 1.54) is 18.4 Å². The molecule has 2 rings (SSSR count). The van der Waals surface area contributed by atoms with Gasteiger partial charge in [0.05, 0.1) is 11.3 Å². The van der Waals surface area contributed by atoms with E-state index < -0.39 is 5.97 Å². The van der Waals surface area contributed by atoms with Gasteiger partial charge >= 0.3 is 5.97 Å². The normalized spacial score (nSPS) is 10.6. The average molecular weight is 249 g/mol. The van der Waals surface area contributed by atoms with Crippen LogP contribution in [-0.4, -0.2) is 5.97 Å². The van der Waals surface area contributed by atoms with Gasteiger partial charge in [0, 0.05) is 6.08 Å². The molecular weight excluding hydrogens is 240 g/mol. The van der Waals surface area contributed by atoms with Crippen molar-refractivity contribution in [1.82, 2.24) is 0 Å². The molecule has 1 aromatic carbocycles. The Kier molecular flexibility index (Phi) is 3.62. The first-order chi connectivity index (χ1) is 8.25. The summed E-state index contributed by atoms with van der Waals surface area (Å²) in [4.78, 5) is 11.5. The molecule has 0 aliphatic carbocycles. The van der Waals surface area contributed by atoms with Crippen LogP contribution in [0.15, 0.2) is 53.2 Å². The summed E-state index contributed by atoms with van der Waals surface area (Å²) < 4.78 is 10.1. The molecule has 86 valence electrons. The van der Waals surface area contributed by atoms with Gasteiger partial charge in [-0.3, -0.25) is 0 Å². The van der Waals surface area contributed by atoms with Crippen LogP contribution in [0, 0.1) is 0 Å². The third kappa shape index (κ3) is 3.23. The van der Waals surface area contributed by atoms with E-state index in [0.29, 0.717) is 16.5 Å². The molecule has 0 amide bonds. The van der Waals surface area contributed by atoms with Crippen LogP contribution in [0.3, 0.4) is 0 Å². The van der Waals surface area contributed by atoms with Gasteiger partial charge in [0.25, 0.3) is 0 Å². The van der Waals surface area contributed by atoms with Crippen LogP contribution in [-0.2, 0) is 4.79 Å². The van der Waals surface area contributed by atoms with E-state index >= 15 is 0 Å². The lowest BCUT2D eigenvalue weighted by molar-refractivity contribution is -0.128. The van der Waals surface area contributed by atoms with Crippen LogP contribution in [0.1, 0.15) is 5.76 Å². The summed E-state index contributed by atoms with van der Waals surface area (Å²) in [5.74, 6) is 0.416. The molecule has 3 nitrogen and oxygen atoms in total. The van der Waals surface area contributed by atoms with Crippen molar-refractivity contribution in [2.24, 2.45) is 0 Å². The topological polar surface area (TPSA) is 39.4 Å². The van der Waals surface area contributed by atoms with Gasteiger partial charge in [-0.25, -0.2) is 4.79 Å². The molecule has 0 saturated heterocycles. The zero-order valence-corrected chi connectivity index (χ0v) is 9.55. The third-order valence-corrected chi connectivity index (χ3v) is 2.29. The Bertz CT molecular complexity index is 529. The van der Waals surface area contributed by atoms with E-state index in [9.17, 15) is 4.79 Å². The van der Waals surface area contributed by atoms with Crippen LogP contribution >= 0.6 is 11.6 Å². The summed E-state index contributed by atoms with van der Waals surface area (Å²) in [6.45, 7) is 0. The molecule has 0 spiro atoms. The second-order valence-electron chi connectivity index (χ2n) is 3.20. The SMILES string of the molecule is O=C(/C=C/c1ccco1)Oc1ccccc1Cl.